The van der Waals surface area contributed by atoms with E-state index in [1.54, 1.807) is 13.8 Å². The van der Waals surface area contributed by atoms with Gasteiger partial charge in [-0.05, 0) is 27.7 Å². The lowest BCUT2D eigenvalue weighted by molar-refractivity contribution is 0.173. The van der Waals surface area contributed by atoms with Gasteiger partial charge in [0.25, 0.3) is 0 Å². The van der Waals surface area contributed by atoms with Crippen LogP contribution in [0.4, 0.5) is 4.39 Å². The van der Waals surface area contributed by atoms with E-state index in [4.69, 9.17) is 10.2 Å². The van der Waals surface area contributed by atoms with E-state index in [1.165, 1.54) is 13.8 Å². The minimum Gasteiger partial charge on any atom is -0.440 e. The Hall–Kier alpha value is -0.900. The molecule has 74 valence electrons. The first-order chi connectivity index (χ1) is 5.82. The van der Waals surface area contributed by atoms with E-state index >= 15 is 0 Å². The standard InChI is InChI=1S/C9H15FN2O/c1-5(11)8-12-6(2)7(13-8)9(3,4)10/h5H,11H2,1-4H3. The van der Waals surface area contributed by atoms with Crippen molar-refractivity contribution in [2.45, 2.75) is 39.4 Å². The summed E-state index contributed by atoms with van der Waals surface area (Å²) >= 11 is 0. The van der Waals surface area contributed by atoms with Crippen LogP contribution in [0.3, 0.4) is 0 Å². The van der Waals surface area contributed by atoms with E-state index < -0.39 is 5.67 Å². The molecule has 0 aliphatic rings. The van der Waals surface area contributed by atoms with Crippen molar-refractivity contribution in [2.75, 3.05) is 0 Å². The highest BCUT2D eigenvalue weighted by Gasteiger charge is 2.27. The van der Waals surface area contributed by atoms with Crippen LogP contribution >= 0.6 is 0 Å². The monoisotopic (exact) mass is 186 g/mol. The Labute approximate surface area is 77.1 Å². The van der Waals surface area contributed by atoms with Crippen molar-refractivity contribution in [2.24, 2.45) is 5.73 Å². The molecule has 1 aromatic rings. The summed E-state index contributed by atoms with van der Waals surface area (Å²) in [6, 6.07) is -0.296. The zero-order chi connectivity index (χ0) is 10.2. The average Bonchev–Trinajstić information content (AvgIpc) is 2.29. The molecule has 0 fully saturated rings. The Morgan fingerprint density at radius 3 is 2.31 bits per heavy atom. The summed E-state index contributed by atoms with van der Waals surface area (Å²) in [5.41, 5.74) is 4.63. The zero-order valence-electron chi connectivity index (χ0n) is 8.39. The Kier molecular flexibility index (Phi) is 2.43. The number of alkyl halides is 1. The SMILES string of the molecule is Cc1nc(C(C)N)oc1C(C)(C)F. The van der Waals surface area contributed by atoms with E-state index in [2.05, 4.69) is 4.98 Å². The summed E-state index contributed by atoms with van der Waals surface area (Å²) in [5, 5.41) is 0. The summed E-state index contributed by atoms with van der Waals surface area (Å²) in [4.78, 5) is 4.04. The van der Waals surface area contributed by atoms with Crippen molar-refractivity contribution < 1.29 is 8.81 Å². The lowest BCUT2D eigenvalue weighted by atomic mass is 10.1. The van der Waals surface area contributed by atoms with Gasteiger partial charge < -0.3 is 10.2 Å². The molecule has 0 aliphatic carbocycles. The maximum atomic E-state index is 13.5. The number of aromatic nitrogens is 1. The predicted molar refractivity (Wildman–Crippen MR) is 48.0 cm³/mol. The van der Waals surface area contributed by atoms with Crippen LogP contribution in [-0.2, 0) is 5.67 Å². The highest BCUT2D eigenvalue weighted by molar-refractivity contribution is 5.15. The second-order valence-corrected chi connectivity index (χ2v) is 3.73. The van der Waals surface area contributed by atoms with Gasteiger partial charge in [0.05, 0.1) is 11.7 Å². The molecule has 1 atom stereocenters. The molecule has 0 saturated carbocycles. The molecule has 1 heterocycles. The molecule has 2 N–H and O–H groups in total. The van der Waals surface area contributed by atoms with Gasteiger partial charge >= 0.3 is 0 Å². The van der Waals surface area contributed by atoms with Crippen LogP contribution in [0.15, 0.2) is 4.42 Å². The topological polar surface area (TPSA) is 52.0 Å². The molecule has 1 rings (SSSR count). The molecule has 1 unspecified atom stereocenters. The van der Waals surface area contributed by atoms with E-state index in [-0.39, 0.29) is 11.8 Å². The number of halogens is 1. The Balaban J connectivity index is 3.11. The van der Waals surface area contributed by atoms with Crippen LogP contribution in [0, 0.1) is 6.92 Å². The second-order valence-electron chi connectivity index (χ2n) is 3.73. The number of aryl methyl sites for hydroxylation is 1. The second kappa shape index (κ2) is 3.10. The van der Waals surface area contributed by atoms with Gasteiger partial charge in [0.15, 0.2) is 11.4 Å². The molecule has 0 aliphatic heterocycles. The highest BCUT2D eigenvalue weighted by Crippen LogP contribution is 2.29. The van der Waals surface area contributed by atoms with Crippen molar-refractivity contribution in [1.82, 2.24) is 4.98 Å². The van der Waals surface area contributed by atoms with Gasteiger partial charge in [-0.2, -0.15) is 0 Å². The molecular weight excluding hydrogens is 171 g/mol. The third-order valence-electron chi connectivity index (χ3n) is 1.74. The molecule has 13 heavy (non-hydrogen) atoms. The van der Waals surface area contributed by atoms with Crippen molar-refractivity contribution in [3.05, 3.63) is 17.3 Å². The first kappa shape index (κ1) is 10.2. The zero-order valence-corrected chi connectivity index (χ0v) is 8.39. The highest BCUT2D eigenvalue weighted by atomic mass is 19.1. The first-order valence-electron chi connectivity index (χ1n) is 4.24. The summed E-state index contributed by atoms with van der Waals surface area (Å²) in [5.74, 6) is 0.651. The number of nitrogens with two attached hydrogens (primary N) is 1. The van der Waals surface area contributed by atoms with E-state index in [9.17, 15) is 4.39 Å². The van der Waals surface area contributed by atoms with E-state index in [0.717, 1.165) is 0 Å². The fourth-order valence-electron chi connectivity index (χ4n) is 1.16. The molecule has 4 heteroatoms. The van der Waals surface area contributed by atoms with E-state index in [0.29, 0.717) is 11.6 Å². The Morgan fingerprint density at radius 2 is 2.08 bits per heavy atom. The molecule has 0 amide bonds. The fraction of sp³-hybridized carbons (Fsp3) is 0.667. The van der Waals surface area contributed by atoms with Crippen molar-refractivity contribution in [3.8, 4) is 0 Å². The molecule has 0 bridgehead atoms. The van der Waals surface area contributed by atoms with Crippen molar-refractivity contribution in [1.29, 1.82) is 0 Å². The third-order valence-corrected chi connectivity index (χ3v) is 1.74. The summed E-state index contributed by atoms with van der Waals surface area (Å²) < 4.78 is 18.7. The molecule has 0 aromatic carbocycles. The largest absolute Gasteiger partial charge is 0.440 e. The summed E-state index contributed by atoms with van der Waals surface area (Å²) in [6.45, 7) is 6.34. The van der Waals surface area contributed by atoms with Crippen molar-refractivity contribution >= 4 is 0 Å². The minimum atomic E-state index is -1.50. The summed E-state index contributed by atoms with van der Waals surface area (Å²) in [7, 11) is 0. The van der Waals surface area contributed by atoms with Gasteiger partial charge in [0.1, 0.15) is 0 Å². The molecular formula is C9H15FN2O. The lowest BCUT2D eigenvalue weighted by Gasteiger charge is -2.10. The number of oxazole rings is 1. The van der Waals surface area contributed by atoms with Gasteiger partial charge in [-0.3, -0.25) is 0 Å². The molecule has 3 nitrogen and oxygen atoms in total. The maximum absolute atomic E-state index is 13.5. The third kappa shape index (κ3) is 2.06. The van der Waals surface area contributed by atoms with Crippen LogP contribution in [0.5, 0.6) is 0 Å². The van der Waals surface area contributed by atoms with Crippen LogP contribution in [-0.4, -0.2) is 4.98 Å². The van der Waals surface area contributed by atoms with Crippen molar-refractivity contribution in [3.63, 3.8) is 0 Å². The summed E-state index contributed by atoms with van der Waals surface area (Å²) in [6.07, 6.45) is 0. The van der Waals surface area contributed by atoms with Gasteiger partial charge in [-0.1, -0.05) is 0 Å². The van der Waals surface area contributed by atoms with E-state index in [1.807, 2.05) is 0 Å². The quantitative estimate of drug-likeness (QED) is 0.770. The maximum Gasteiger partial charge on any atom is 0.211 e. The minimum absolute atomic E-state index is 0.264. The van der Waals surface area contributed by atoms with Crippen LogP contribution < -0.4 is 5.73 Å². The van der Waals surface area contributed by atoms with Gasteiger partial charge in [0, 0.05) is 0 Å². The normalized spacial score (nSPS) is 14.6. The molecule has 0 saturated heterocycles. The van der Waals surface area contributed by atoms with Gasteiger partial charge in [-0.15, -0.1) is 0 Å². The van der Waals surface area contributed by atoms with Crippen LogP contribution in [0.25, 0.3) is 0 Å². The number of hydrogen-bond donors (Lipinski definition) is 1. The number of rotatable bonds is 2. The van der Waals surface area contributed by atoms with Gasteiger partial charge in [0.2, 0.25) is 5.89 Å². The number of hydrogen-bond acceptors (Lipinski definition) is 3. The first-order valence-corrected chi connectivity index (χ1v) is 4.24. The molecule has 0 radical (unpaired) electrons. The van der Waals surface area contributed by atoms with Crippen LogP contribution in [0.2, 0.25) is 0 Å². The smallest absolute Gasteiger partial charge is 0.211 e. The lowest BCUT2D eigenvalue weighted by Crippen LogP contribution is -2.09. The molecule has 0 spiro atoms. The Bertz CT molecular complexity index is 299. The predicted octanol–water partition coefficient (Wildman–Crippen LogP) is 2.21. The average molecular weight is 186 g/mol. The number of nitrogens with zero attached hydrogens (tertiary/aromatic N) is 1. The fourth-order valence-corrected chi connectivity index (χ4v) is 1.16. The van der Waals surface area contributed by atoms with Crippen LogP contribution in [0.1, 0.15) is 44.2 Å². The Morgan fingerprint density at radius 1 is 1.54 bits per heavy atom. The van der Waals surface area contributed by atoms with Gasteiger partial charge in [-0.25, -0.2) is 9.37 Å². The molecule has 1 aromatic heterocycles.